The van der Waals surface area contributed by atoms with Gasteiger partial charge < -0.3 is 4.84 Å². The molecular weight excluding hydrogens is 289 g/mol. The van der Waals surface area contributed by atoms with Crippen molar-refractivity contribution in [3.05, 3.63) is 22.5 Å². The summed E-state index contributed by atoms with van der Waals surface area (Å²) in [5, 5.41) is 3.73. The largest absolute Gasteiger partial charge is 0.399 e. The van der Waals surface area contributed by atoms with Crippen molar-refractivity contribution in [1.82, 2.24) is 0 Å². The molecule has 0 radical (unpaired) electrons. The maximum Gasteiger partial charge on any atom is 0.301 e. The quantitative estimate of drug-likeness (QED) is 0.456. The Morgan fingerprint density at radius 1 is 1.40 bits per heavy atom. The van der Waals surface area contributed by atoms with Gasteiger partial charge in [0.05, 0.1) is 11.9 Å². The Kier molecular flexibility index (Phi) is 5.86. The first-order chi connectivity index (χ1) is 9.27. The van der Waals surface area contributed by atoms with Crippen LogP contribution in [0.25, 0.3) is 0 Å². The minimum atomic E-state index is -2.25. The number of hydrogen-bond acceptors (Lipinski definition) is 3. The number of nitrogens with zero attached hydrogens (tertiary/aromatic N) is 2. The third-order valence-corrected chi connectivity index (χ3v) is 4.69. The highest BCUT2D eigenvalue weighted by Gasteiger charge is 2.27. The fourth-order valence-corrected chi connectivity index (χ4v) is 3.73. The SMILES string of the molecule is CO/N=C/C1=C(C(C)(C)C)N=C[SH]1CCC(F)=C(F)F. The summed E-state index contributed by atoms with van der Waals surface area (Å²) >= 11 is 0. The zero-order valence-electron chi connectivity index (χ0n) is 12.0. The van der Waals surface area contributed by atoms with Gasteiger partial charge in [0.25, 0.3) is 0 Å². The van der Waals surface area contributed by atoms with E-state index in [1.807, 2.05) is 20.8 Å². The minimum Gasteiger partial charge on any atom is -0.399 e. The molecule has 1 aliphatic heterocycles. The van der Waals surface area contributed by atoms with Gasteiger partial charge in [-0.2, -0.15) is 19.7 Å². The first-order valence-corrected chi connectivity index (χ1v) is 7.68. The molecule has 1 aliphatic rings. The summed E-state index contributed by atoms with van der Waals surface area (Å²) in [5.74, 6) is -1.07. The molecule has 1 heterocycles. The number of oxime groups is 1. The second-order valence-corrected chi connectivity index (χ2v) is 7.35. The number of halogens is 3. The molecule has 0 N–H and O–H groups in total. The van der Waals surface area contributed by atoms with Gasteiger partial charge in [-0.05, 0) is 5.75 Å². The van der Waals surface area contributed by atoms with Crippen molar-refractivity contribution in [3.63, 3.8) is 0 Å². The number of thiol groups is 1. The molecule has 0 fully saturated rings. The molecule has 3 nitrogen and oxygen atoms in total. The lowest BCUT2D eigenvalue weighted by molar-refractivity contribution is 0.215. The fourth-order valence-electron chi connectivity index (χ4n) is 1.70. The number of aliphatic imine (C=N–C) groups is 1. The summed E-state index contributed by atoms with van der Waals surface area (Å²) in [5.41, 5.74) is 2.37. The second kappa shape index (κ2) is 6.97. The zero-order valence-corrected chi connectivity index (χ0v) is 12.8. The van der Waals surface area contributed by atoms with Crippen molar-refractivity contribution in [3.8, 4) is 0 Å². The number of allylic oxidation sites excluding steroid dienone is 3. The van der Waals surface area contributed by atoms with E-state index < -0.39 is 22.8 Å². The van der Waals surface area contributed by atoms with E-state index in [0.29, 0.717) is 0 Å². The highest BCUT2D eigenvalue weighted by Crippen LogP contribution is 2.46. The van der Waals surface area contributed by atoms with Crippen LogP contribution in [-0.4, -0.2) is 24.6 Å². The summed E-state index contributed by atoms with van der Waals surface area (Å²) in [7, 11) is 0.494. The molecule has 1 rings (SSSR count). The molecule has 0 spiro atoms. The van der Waals surface area contributed by atoms with E-state index in [-0.39, 0.29) is 17.6 Å². The van der Waals surface area contributed by atoms with Crippen LogP contribution in [0.1, 0.15) is 27.2 Å². The molecule has 0 amide bonds. The van der Waals surface area contributed by atoms with Gasteiger partial charge in [0, 0.05) is 22.3 Å². The lowest BCUT2D eigenvalue weighted by Crippen LogP contribution is -2.09. The van der Waals surface area contributed by atoms with Gasteiger partial charge in [0.2, 0.25) is 0 Å². The first kappa shape index (κ1) is 16.8. The van der Waals surface area contributed by atoms with Crippen molar-refractivity contribution in [2.24, 2.45) is 15.6 Å². The van der Waals surface area contributed by atoms with Gasteiger partial charge in [-0.15, -0.1) is 0 Å². The third-order valence-electron chi connectivity index (χ3n) is 2.65. The number of hydrogen-bond donors (Lipinski definition) is 1. The molecule has 0 bridgehead atoms. The van der Waals surface area contributed by atoms with Gasteiger partial charge in [-0.25, -0.2) is 4.39 Å². The third kappa shape index (κ3) is 4.40. The molecule has 1 unspecified atom stereocenters. The fraction of sp³-hybridized carbons (Fsp3) is 0.538. The van der Waals surface area contributed by atoms with E-state index in [0.717, 1.165) is 10.6 Å². The molecule has 0 aromatic heterocycles. The Balaban J connectivity index is 2.93. The van der Waals surface area contributed by atoms with E-state index in [2.05, 4.69) is 15.0 Å². The predicted molar refractivity (Wildman–Crippen MR) is 79.3 cm³/mol. The average Bonchev–Trinajstić information content (AvgIpc) is 2.75. The Morgan fingerprint density at radius 2 is 2.05 bits per heavy atom. The Hall–Kier alpha value is -1.24. The molecule has 7 heteroatoms. The van der Waals surface area contributed by atoms with E-state index >= 15 is 0 Å². The van der Waals surface area contributed by atoms with Crippen LogP contribution in [-0.2, 0) is 4.84 Å². The second-order valence-electron chi connectivity index (χ2n) is 5.25. The van der Waals surface area contributed by atoms with E-state index in [1.165, 1.54) is 7.11 Å². The predicted octanol–water partition coefficient (Wildman–Crippen LogP) is 4.39. The van der Waals surface area contributed by atoms with Crippen LogP contribution in [0.5, 0.6) is 0 Å². The summed E-state index contributed by atoms with van der Waals surface area (Å²) in [6, 6.07) is 0. The van der Waals surface area contributed by atoms with Crippen molar-refractivity contribution >= 4 is 22.7 Å². The molecule has 0 aliphatic carbocycles. The highest BCUT2D eigenvalue weighted by atomic mass is 32.2. The Labute approximate surface area is 119 Å². The van der Waals surface area contributed by atoms with Crippen LogP contribution in [0.3, 0.4) is 0 Å². The molecule has 114 valence electrons. The van der Waals surface area contributed by atoms with E-state index in [1.54, 1.807) is 11.8 Å². The van der Waals surface area contributed by atoms with Crippen LogP contribution >= 0.6 is 10.9 Å². The summed E-state index contributed by atoms with van der Waals surface area (Å²) < 4.78 is 37.1. The minimum absolute atomic E-state index is 0.192. The van der Waals surface area contributed by atoms with Crippen LogP contribution in [0, 0.1) is 5.41 Å². The van der Waals surface area contributed by atoms with Crippen LogP contribution in [0.4, 0.5) is 13.2 Å². The van der Waals surface area contributed by atoms with Gasteiger partial charge in [-0.3, -0.25) is 4.99 Å². The van der Waals surface area contributed by atoms with Crippen molar-refractivity contribution in [2.75, 3.05) is 12.9 Å². The zero-order chi connectivity index (χ0) is 15.3. The van der Waals surface area contributed by atoms with Crippen LogP contribution < -0.4 is 0 Å². The first-order valence-electron chi connectivity index (χ1n) is 6.09. The maximum atomic E-state index is 12.9. The normalized spacial score (nSPS) is 20.9. The summed E-state index contributed by atoms with van der Waals surface area (Å²) in [6.45, 7) is 6.00. The topological polar surface area (TPSA) is 34.0 Å². The molecule has 0 saturated carbocycles. The highest BCUT2D eigenvalue weighted by molar-refractivity contribution is 8.32. The smallest absolute Gasteiger partial charge is 0.301 e. The van der Waals surface area contributed by atoms with Crippen molar-refractivity contribution < 1.29 is 18.0 Å². The van der Waals surface area contributed by atoms with E-state index in [4.69, 9.17) is 0 Å². The van der Waals surface area contributed by atoms with Gasteiger partial charge in [-0.1, -0.05) is 25.9 Å². The Morgan fingerprint density at radius 3 is 2.55 bits per heavy atom. The standard InChI is InChI=1S/C13H19F3N2OS/c1-13(2,3)11-10(7-18-19-4)20(8-17-11)6-5-9(14)12(15)16/h7-8,20H,5-6H2,1-4H3/b18-7+. The molecule has 20 heavy (non-hydrogen) atoms. The Bertz CT molecular complexity index is 474. The lowest BCUT2D eigenvalue weighted by atomic mass is 9.92. The molecular formula is C13H19F3N2OS. The monoisotopic (exact) mass is 308 g/mol. The molecule has 0 saturated heterocycles. The van der Waals surface area contributed by atoms with Gasteiger partial charge >= 0.3 is 6.08 Å². The average molecular weight is 308 g/mol. The van der Waals surface area contributed by atoms with Crippen molar-refractivity contribution in [2.45, 2.75) is 27.2 Å². The number of rotatable bonds is 5. The van der Waals surface area contributed by atoms with Crippen LogP contribution in [0.15, 0.2) is 32.7 Å². The van der Waals surface area contributed by atoms with Crippen molar-refractivity contribution in [1.29, 1.82) is 0 Å². The van der Waals surface area contributed by atoms with Gasteiger partial charge in [0.15, 0.2) is 5.83 Å². The molecule has 1 atom stereocenters. The summed E-state index contributed by atoms with van der Waals surface area (Å²) in [4.78, 5) is 9.87. The molecule has 0 aromatic carbocycles. The molecule has 0 aromatic rings. The summed E-state index contributed by atoms with van der Waals surface area (Å²) in [6.07, 6.45) is -0.989. The van der Waals surface area contributed by atoms with Crippen LogP contribution in [0.2, 0.25) is 0 Å². The van der Waals surface area contributed by atoms with Gasteiger partial charge in [0.1, 0.15) is 7.11 Å². The lowest BCUT2D eigenvalue weighted by Gasteiger charge is -2.21. The van der Waals surface area contributed by atoms with E-state index in [9.17, 15) is 13.2 Å². The maximum absolute atomic E-state index is 12.9.